The topological polar surface area (TPSA) is 29.9 Å². The van der Waals surface area contributed by atoms with E-state index in [0.29, 0.717) is 0 Å². The van der Waals surface area contributed by atoms with Crippen LogP contribution in [0, 0.1) is 0 Å². The van der Waals surface area contributed by atoms with Gasteiger partial charge in [0.15, 0.2) is 0 Å². The van der Waals surface area contributed by atoms with Gasteiger partial charge in [0.1, 0.15) is 0 Å². The van der Waals surface area contributed by atoms with Gasteiger partial charge in [0.2, 0.25) is 5.95 Å². The first-order valence-corrected chi connectivity index (χ1v) is 9.35. The molecule has 0 saturated heterocycles. The fourth-order valence-electron chi connectivity index (χ4n) is 3.50. The van der Waals surface area contributed by atoms with Gasteiger partial charge in [0.25, 0.3) is 0 Å². The zero-order valence-corrected chi connectivity index (χ0v) is 15.5. The average molecular weight is 402 g/mol. The summed E-state index contributed by atoms with van der Waals surface area (Å²) in [5.74, 6) is 0.875. The fraction of sp³-hybridized carbons (Fsp3) is 0.0455. The van der Waals surface area contributed by atoms with Crippen LogP contribution in [0.3, 0.4) is 0 Å². The molecule has 0 saturated carbocycles. The Balaban J connectivity index is 1.73. The van der Waals surface area contributed by atoms with E-state index in [0.717, 1.165) is 32.7 Å². The maximum absolute atomic E-state index is 4.82. The molecule has 2 heterocycles. The molecule has 1 atom stereocenters. The highest BCUT2D eigenvalue weighted by atomic mass is 79.9. The second kappa shape index (κ2) is 6.15. The van der Waals surface area contributed by atoms with Gasteiger partial charge in [-0.2, -0.15) is 0 Å². The van der Waals surface area contributed by atoms with Crippen LogP contribution in [0.5, 0.6) is 0 Å². The quantitative estimate of drug-likeness (QED) is 0.456. The highest BCUT2D eigenvalue weighted by molar-refractivity contribution is 9.10. The molecule has 0 radical (unpaired) electrons. The minimum absolute atomic E-state index is 0.0851. The SMILES string of the molecule is Brc1ccc(C2C=C(c3ccccc3)Nc3nc4ccccc4n32)cc1. The number of nitrogens with one attached hydrogen (secondary N) is 1. The Morgan fingerprint density at radius 3 is 2.38 bits per heavy atom. The summed E-state index contributed by atoms with van der Waals surface area (Å²) in [6, 6.07) is 27.3. The molecule has 1 N–H and O–H groups in total. The van der Waals surface area contributed by atoms with Crippen LogP contribution < -0.4 is 5.32 Å². The maximum atomic E-state index is 4.82. The van der Waals surface area contributed by atoms with E-state index in [4.69, 9.17) is 4.98 Å². The zero-order chi connectivity index (χ0) is 17.5. The van der Waals surface area contributed by atoms with Crippen LogP contribution in [0.2, 0.25) is 0 Å². The highest BCUT2D eigenvalue weighted by Gasteiger charge is 2.25. The van der Waals surface area contributed by atoms with E-state index in [1.165, 1.54) is 5.56 Å². The Hall–Kier alpha value is -2.85. The van der Waals surface area contributed by atoms with Crippen molar-refractivity contribution >= 4 is 38.6 Å². The number of nitrogens with zero attached hydrogens (tertiary/aromatic N) is 2. The molecule has 5 rings (SSSR count). The fourth-order valence-corrected chi connectivity index (χ4v) is 3.76. The van der Waals surface area contributed by atoms with Crippen molar-refractivity contribution in [2.75, 3.05) is 5.32 Å². The zero-order valence-electron chi connectivity index (χ0n) is 13.9. The number of imidazole rings is 1. The van der Waals surface area contributed by atoms with E-state index in [1.807, 2.05) is 12.1 Å². The summed E-state index contributed by atoms with van der Waals surface area (Å²) >= 11 is 3.54. The lowest BCUT2D eigenvalue weighted by molar-refractivity contribution is 0.720. The number of anilines is 1. The molecule has 126 valence electrons. The third kappa shape index (κ3) is 2.54. The van der Waals surface area contributed by atoms with Gasteiger partial charge in [-0.3, -0.25) is 4.57 Å². The molecular formula is C22H16BrN3. The van der Waals surface area contributed by atoms with Crippen LogP contribution in [0.1, 0.15) is 17.2 Å². The Morgan fingerprint density at radius 1 is 0.846 bits per heavy atom. The number of aromatic nitrogens is 2. The van der Waals surface area contributed by atoms with Gasteiger partial charge in [-0.1, -0.05) is 70.5 Å². The van der Waals surface area contributed by atoms with Crippen LogP contribution in [0.4, 0.5) is 5.95 Å². The van der Waals surface area contributed by atoms with Crippen LogP contribution in [0.25, 0.3) is 16.7 Å². The summed E-state index contributed by atoms with van der Waals surface area (Å²) in [4.78, 5) is 4.82. The standard InChI is InChI=1S/C22H16BrN3/c23-17-12-10-16(11-13-17)21-14-19(15-6-2-1-3-7-15)25-22-24-18-8-4-5-9-20(18)26(21)22/h1-14,21H,(H,24,25). The number of rotatable bonds is 2. The molecule has 0 fully saturated rings. The second-order valence-electron chi connectivity index (χ2n) is 6.36. The molecular weight excluding hydrogens is 386 g/mol. The van der Waals surface area contributed by atoms with E-state index in [1.54, 1.807) is 0 Å². The molecule has 0 spiro atoms. The lowest BCUT2D eigenvalue weighted by Gasteiger charge is -2.26. The van der Waals surface area contributed by atoms with Gasteiger partial charge >= 0.3 is 0 Å². The van der Waals surface area contributed by atoms with Gasteiger partial charge in [-0.25, -0.2) is 4.98 Å². The number of allylic oxidation sites excluding steroid dienone is 1. The summed E-state index contributed by atoms with van der Waals surface area (Å²) in [7, 11) is 0. The van der Waals surface area contributed by atoms with Crippen molar-refractivity contribution in [1.82, 2.24) is 9.55 Å². The average Bonchev–Trinajstić information content (AvgIpc) is 3.07. The van der Waals surface area contributed by atoms with Crippen LogP contribution in [0.15, 0.2) is 89.4 Å². The van der Waals surface area contributed by atoms with Crippen molar-refractivity contribution in [3.63, 3.8) is 0 Å². The third-order valence-corrected chi connectivity index (χ3v) is 5.27. The van der Waals surface area contributed by atoms with Gasteiger partial charge in [-0.15, -0.1) is 0 Å². The lowest BCUT2D eigenvalue weighted by Crippen LogP contribution is -2.19. The van der Waals surface area contributed by atoms with Crippen molar-refractivity contribution in [3.05, 3.63) is 101 Å². The molecule has 0 amide bonds. The van der Waals surface area contributed by atoms with Gasteiger partial charge in [-0.05, 0) is 41.5 Å². The van der Waals surface area contributed by atoms with E-state index >= 15 is 0 Å². The van der Waals surface area contributed by atoms with Crippen LogP contribution in [-0.4, -0.2) is 9.55 Å². The highest BCUT2D eigenvalue weighted by Crippen LogP contribution is 2.37. The van der Waals surface area contributed by atoms with E-state index < -0.39 is 0 Å². The smallest absolute Gasteiger partial charge is 0.209 e. The summed E-state index contributed by atoms with van der Waals surface area (Å²) < 4.78 is 3.35. The molecule has 1 aromatic heterocycles. The van der Waals surface area contributed by atoms with Crippen molar-refractivity contribution in [3.8, 4) is 0 Å². The minimum atomic E-state index is 0.0851. The first-order chi connectivity index (χ1) is 12.8. The van der Waals surface area contributed by atoms with Gasteiger partial charge < -0.3 is 5.32 Å². The predicted octanol–water partition coefficient (Wildman–Crippen LogP) is 5.85. The molecule has 1 aliphatic rings. The van der Waals surface area contributed by atoms with Crippen LogP contribution >= 0.6 is 15.9 Å². The summed E-state index contributed by atoms with van der Waals surface area (Å²) in [5.41, 5.74) is 5.60. The van der Waals surface area contributed by atoms with Gasteiger partial charge in [0, 0.05) is 10.2 Å². The number of fused-ring (bicyclic) bond motifs is 3. The molecule has 4 aromatic rings. The molecule has 1 aliphatic heterocycles. The molecule has 0 aliphatic carbocycles. The Labute approximate surface area is 160 Å². The second-order valence-corrected chi connectivity index (χ2v) is 7.28. The molecule has 3 nitrogen and oxygen atoms in total. The first kappa shape index (κ1) is 15.4. The van der Waals surface area contributed by atoms with Gasteiger partial charge in [0.05, 0.1) is 17.1 Å². The summed E-state index contributed by atoms with van der Waals surface area (Å²) in [6.07, 6.45) is 2.28. The molecule has 0 bridgehead atoms. The van der Waals surface area contributed by atoms with E-state index in [2.05, 4.69) is 98.6 Å². The number of benzene rings is 3. The van der Waals surface area contributed by atoms with E-state index in [-0.39, 0.29) is 6.04 Å². The Kier molecular flexibility index (Phi) is 3.64. The largest absolute Gasteiger partial charge is 0.325 e. The molecule has 4 heteroatoms. The van der Waals surface area contributed by atoms with E-state index in [9.17, 15) is 0 Å². The first-order valence-electron chi connectivity index (χ1n) is 8.56. The molecule has 1 unspecified atom stereocenters. The minimum Gasteiger partial charge on any atom is -0.325 e. The molecule has 26 heavy (non-hydrogen) atoms. The van der Waals surface area contributed by atoms with Crippen LogP contribution in [-0.2, 0) is 0 Å². The predicted molar refractivity (Wildman–Crippen MR) is 110 cm³/mol. The van der Waals surface area contributed by atoms with Crippen molar-refractivity contribution in [2.45, 2.75) is 6.04 Å². The lowest BCUT2D eigenvalue weighted by atomic mass is 10.0. The van der Waals surface area contributed by atoms with Crippen molar-refractivity contribution < 1.29 is 0 Å². The maximum Gasteiger partial charge on any atom is 0.209 e. The third-order valence-electron chi connectivity index (χ3n) is 4.74. The Morgan fingerprint density at radius 2 is 1.58 bits per heavy atom. The molecule has 3 aromatic carbocycles. The van der Waals surface area contributed by atoms with Crippen molar-refractivity contribution in [1.29, 1.82) is 0 Å². The monoisotopic (exact) mass is 401 g/mol. The number of halogens is 1. The summed E-state index contributed by atoms with van der Waals surface area (Å²) in [6.45, 7) is 0. The number of hydrogen-bond acceptors (Lipinski definition) is 2. The normalized spacial score (nSPS) is 16.0. The summed E-state index contributed by atoms with van der Waals surface area (Å²) in [5, 5.41) is 3.52. The number of hydrogen-bond donors (Lipinski definition) is 1. The van der Waals surface area contributed by atoms with Crippen molar-refractivity contribution in [2.24, 2.45) is 0 Å². The Bertz CT molecular complexity index is 1110. The number of para-hydroxylation sites is 2.